The molecule has 1 atom stereocenters. The Kier molecular flexibility index (Phi) is 8.28. The highest BCUT2D eigenvalue weighted by atomic mass is 35.5. The number of aromatic nitrogens is 2. The van der Waals surface area contributed by atoms with Crippen molar-refractivity contribution in [2.45, 2.75) is 62.4 Å². The third-order valence-electron chi connectivity index (χ3n) is 5.69. The zero-order valence-corrected chi connectivity index (χ0v) is 21.3. The molecule has 0 fully saturated rings. The molecule has 0 saturated heterocycles. The molecule has 0 radical (unpaired) electrons. The lowest BCUT2D eigenvalue weighted by atomic mass is 10.1. The fraction of sp³-hybridized carbons (Fsp3) is 0.320. The van der Waals surface area contributed by atoms with E-state index in [1.54, 1.807) is 53.6 Å². The van der Waals surface area contributed by atoms with Crippen LogP contribution in [0.3, 0.4) is 0 Å². The van der Waals surface area contributed by atoms with Gasteiger partial charge >= 0.3 is 0 Å². The molecule has 0 saturated carbocycles. The second-order valence-corrected chi connectivity index (χ2v) is 10.4. The Bertz CT molecular complexity index is 1230. The van der Waals surface area contributed by atoms with Gasteiger partial charge < -0.3 is 5.32 Å². The molecular formula is C25H29ClN4O3S. The molecule has 34 heavy (non-hydrogen) atoms. The van der Waals surface area contributed by atoms with Crippen molar-refractivity contribution >= 4 is 39.1 Å². The Morgan fingerprint density at radius 3 is 2.09 bits per heavy atom. The van der Waals surface area contributed by atoms with E-state index < -0.39 is 9.84 Å². The molecule has 9 heteroatoms. The molecular weight excluding hydrogens is 472 g/mol. The SMILES string of the molecule is CCC(CC)N(C(C)=O)c1ccnc(NC(C)c2ccc(S(=O)(=O)c3ccc(Cl)cc3)cc2)n1. The van der Waals surface area contributed by atoms with Crippen LogP contribution in [0.25, 0.3) is 0 Å². The predicted octanol–water partition coefficient (Wildman–Crippen LogP) is 5.68. The van der Waals surface area contributed by atoms with E-state index in [1.807, 2.05) is 20.8 Å². The van der Waals surface area contributed by atoms with Crippen LogP contribution in [-0.2, 0) is 14.6 Å². The molecule has 180 valence electrons. The number of halogens is 1. The summed E-state index contributed by atoms with van der Waals surface area (Å²) in [6.07, 6.45) is 3.27. The first-order chi connectivity index (χ1) is 16.2. The fourth-order valence-electron chi connectivity index (χ4n) is 3.77. The molecule has 2 aromatic carbocycles. The molecule has 1 N–H and O–H groups in total. The van der Waals surface area contributed by atoms with E-state index in [-0.39, 0.29) is 27.8 Å². The normalized spacial score (nSPS) is 12.4. The number of rotatable bonds is 9. The molecule has 1 aromatic heterocycles. The van der Waals surface area contributed by atoms with Crippen molar-refractivity contribution in [2.75, 3.05) is 10.2 Å². The molecule has 0 aliphatic rings. The zero-order chi connectivity index (χ0) is 24.9. The van der Waals surface area contributed by atoms with Crippen molar-refractivity contribution in [1.29, 1.82) is 0 Å². The van der Waals surface area contributed by atoms with Gasteiger partial charge in [0.15, 0.2) is 0 Å². The first-order valence-electron chi connectivity index (χ1n) is 11.2. The first-order valence-corrected chi connectivity index (χ1v) is 13.0. The first kappa shape index (κ1) is 25.6. The Labute approximate surface area is 206 Å². The van der Waals surface area contributed by atoms with Crippen LogP contribution in [0.5, 0.6) is 0 Å². The Morgan fingerprint density at radius 2 is 1.56 bits per heavy atom. The van der Waals surface area contributed by atoms with Crippen molar-refractivity contribution in [1.82, 2.24) is 9.97 Å². The maximum Gasteiger partial charge on any atom is 0.225 e. The molecule has 1 unspecified atom stereocenters. The van der Waals surface area contributed by atoms with E-state index in [1.165, 1.54) is 19.1 Å². The summed E-state index contributed by atoms with van der Waals surface area (Å²) in [5, 5.41) is 3.72. The Balaban J connectivity index is 1.79. The number of carbonyl (C=O) groups is 1. The molecule has 0 aliphatic carbocycles. The quantitative estimate of drug-likeness (QED) is 0.406. The minimum atomic E-state index is -3.63. The second kappa shape index (κ2) is 11.0. The average molecular weight is 501 g/mol. The van der Waals surface area contributed by atoms with Gasteiger partial charge in [-0.15, -0.1) is 0 Å². The summed E-state index contributed by atoms with van der Waals surface area (Å²) in [6, 6.07) is 14.4. The largest absolute Gasteiger partial charge is 0.348 e. The molecule has 1 heterocycles. The van der Waals surface area contributed by atoms with Crippen molar-refractivity contribution in [3.8, 4) is 0 Å². The van der Waals surface area contributed by atoms with Crippen molar-refractivity contribution < 1.29 is 13.2 Å². The average Bonchev–Trinajstić information content (AvgIpc) is 2.82. The maximum absolute atomic E-state index is 12.9. The molecule has 0 spiro atoms. The predicted molar refractivity (Wildman–Crippen MR) is 135 cm³/mol. The highest BCUT2D eigenvalue weighted by molar-refractivity contribution is 7.91. The van der Waals surface area contributed by atoms with Gasteiger partial charge in [0.2, 0.25) is 21.7 Å². The minimum Gasteiger partial charge on any atom is -0.348 e. The van der Waals surface area contributed by atoms with Crippen LogP contribution in [0, 0.1) is 0 Å². The van der Waals surface area contributed by atoms with Crippen LogP contribution in [0.15, 0.2) is 70.6 Å². The lowest BCUT2D eigenvalue weighted by molar-refractivity contribution is -0.117. The van der Waals surface area contributed by atoms with E-state index in [9.17, 15) is 13.2 Å². The van der Waals surface area contributed by atoms with E-state index in [4.69, 9.17) is 11.6 Å². The van der Waals surface area contributed by atoms with Gasteiger partial charge in [0.25, 0.3) is 0 Å². The number of carbonyl (C=O) groups excluding carboxylic acids is 1. The van der Waals surface area contributed by atoms with Crippen molar-refractivity contribution in [3.05, 3.63) is 71.4 Å². The van der Waals surface area contributed by atoms with Crippen LogP contribution >= 0.6 is 11.6 Å². The van der Waals surface area contributed by atoms with E-state index in [0.29, 0.717) is 16.8 Å². The highest BCUT2D eigenvalue weighted by Crippen LogP contribution is 2.26. The Hall–Kier alpha value is -2.97. The molecule has 7 nitrogen and oxygen atoms in total. The van der Waals surface area contributed by atoms with Gasteiger partial charge in [-0.1, -0.05) is 37.6 Å². The smallest absolute Gasteiger partial charge is 0.225 e. The maximum atomic E-state index is 12.9. The molecule has 3 aromatic rings. The van der Waals surface area contributed by atoms with Crippen molar-refractivity contribution in [3.63, 3.8) is 0 Å². The van der Waals surface area contributed by atoms with Gasteiger partial charge in [-0.3, -0.25) is 9.69 Å². The number of amides is 1. The van der Waals surface area contributed by atoms with Gasteiger partial charge in [-0.05, 0) is 67.8 Å². The summed E-state index contributed by atoms with van der Waals surface area (Å²) in [5.74, 6) is 0.874. The van der Waals surface area contributed by atoms with Gasteiger partial charge in [0, 0.05) is 24.2 Å². The lowest BCUT2D eigenvalue weighted by Crippen LogP contribution is -2.39. The van der Waals surface area contributed by atoms with Crippen LogP contribution in [0.4, 0.5) is 11.8 Å². The monoisotopic (exact) mass is 500 g/mol. The number of benzene rings is 2. The number of nitrogens with one attached hydrogen (secondary N) is 1. The highest BCUT2D eigenvalue weighted by Gasteiger charge is 2.22. The summed E-state index contributed by atoms with van der Waals surface area (Å²) >= 11 is 5.87. The standard InChI is InChI=1S/C25H29ClN4O3S/c1-5-21(6-2)30(18(4)31)24-15-16-27-25(29-24)28-17(3)19-7-11-22(12-8-19)34(32,33)23-13-9-20(26)10-14-23/h7-17,21H,5-6H2,1-4H3,(H,27,28,29). The molecule has 1 amide bonds. The summed E-state index contributed by atoms with van der Waals surface area (Å²) in [4.78, 5) is 23.2. The number of nitrogens with zero attached hydrogens (tertiary/aromatic N) is 3. The lowest BCUT2D eigenvalue weighted by Gasteiger charge is -2.28. The summed E-state index contributed by atoms with van der Waals surface area (Å²) < 4.78 is 25.7. The van der Waals surface area contributed by atoms with Gasteiger partial charge in [0.05, 0.1) is 15.8 Å². The van der Waals surface area contributed by atoms with Gasteiger partial charge in [-0.2, -0.15) is 4.98 Å². The Morgan fingerprint density at radius 1 is 1.00 bits per heavy atom. The molecule has 3 rings (SSSR count). The third kappa shape index (κ3) is 5.74. The van der Waals surface area contributed by atoms with Crippen LogP contribution < -0.4 is 10.2 Å². The summed E-state index contributed by atoms with van der Waals surface area (Å²) in [6.45, 7) is 7.56. The molecule has 0 bridgehead atoms. The van der Waals surface area contributed by atoms with E-state index in [2.05, 4.69) is 15.3 Å². The number of sulfone groups is 1. The molecule has 0 aliphatic heterocycles. The minimum absolute atomic E-state index is 0.0628. The fourth-order valence-corrected chi connectivity index (χ4v) is 5.16. The second-order valence-electron chi connectivity index (χ2n) is 7.99. The topological polar surface area (TPSA) is 92.3 Å². The number of hydrogen-bond donors (Lipinski definition) is 1. The van der Waals surface area contributed by atoms with Gasteiger partial charge in [-0.25, -0.2) is 13.4 Å². The third-order valence-corrected chi connectivity index (χ3v) is 7.73. The summed E-state index contributed by atoms with van der Waals surface area (Å²) in [7, 11) is -3.63. The van der Waals surface area contributed by atoms with Crippen LogP contribution in [-0.4, -0.2) is 30.3 Å². The van der Waals surface area contributed by atoms with E-state index >= 15 is 0 Å². The van der Waals surface area contributed by atoms with Crippen LogP contribution in [0.1, 0.15) is 52.1 Å². The number of anilines is 2. The number of hydrogen-bond acceptors (Lipinski definition) is 6. The summed E-state index contributed by atoms with van der Waals surface area (Å²) in [5.41, 5.74) is 0.868. The van der Waals surface area contributed by atoms with Gasteiger partial charge in [0.1, 0.15) is 5.82 Å². The zero-order valence-electron chi connectivity index (χ0n) is 19.7. The van der Waals surface area contributed by atoms with Crippen LogP contribution in [0.2, 0.25) is 5.02 Å². The van der Waals surface area contributed by atoms with Crippen molar-refractivity contribution in [2.24, 2.45) is 0 Å². The van der Waals surface area contributed by atoms with E-state index in [0.717, 1.165) is 18.4 Å².